The maximum absolute atomic E-state index is 12.8. The van der Waals surface area contributed by atoms with E-state index < -0.39 is 5.97 Å². The molecule has 31 heavy (non-hydrogen) atoms. The molecule has 0 saturated carbocycles. The quantitative estimate of drug-likeness (QED) is 0.483. The molecule has 0 unspecified atom stereocenters. The van der Waals surface area contributed by atoms with Crippen LogP contribution >= 0.6 is 0 Å². The third-order valence-electron chi connectivity index (χ3n) is 4.72. The van der Waals surface area contributed by atoms with Crippen molar-refractivity contribution < 1.29 is 14.3 Å². The van der Waals surface area contributed by atoms with Gasteiger partial charge in [-0.05, 0) is 36.4 Å². The molecular weight excluding hydrogens is 398 g/mol. The predicted molar refractivity (Wildman–Crippen MR) is 114 cm³/mol. The molecular formula is C22H19N5O4. The molecule has 0 fully saturated rings. The van der Waals surface area contributed by atoms with E-state index in [-0.39, 0.29) is 24.4 Å². The van der Waals surface area contributed by atoms with Gasteiger partial charge in [0.2, 0.25) is 5.91 Å². The van der Waals surface area contributed by atoms with Crippen molar-refractivity contribution in [1.29, 1.82) is 0 Å². The Bertz CT molecular complexity index is 1290. The van der Waals surface area contributed by atoms with Crippen LogP contribution in [0.5, 0.6) is 0 Å². The van der Waals surface area contributed by atoms with E-state index in [9.17, 15) is 14.4 Å². The van der Waals surface area contributed by atoms with E-state index in [1.54, 1.807) is 28.9 Å². The minimum absolute atomic E-state index is 0.0820. The number of aryl methyl sites for hydroxylation is 1. The number of methoxy groups -OCH3 is 1. The monoisotopic (exact) mass is 417 g/mol. The van der Waals surface area contributed by atoms with Gasteiger partial charge in [-0.1, -0.05) is 18.2 Å². The molecule has 9 heteroatoms. The molecule has 2 aromatic carbocycles. The second-order valence-corrected chi connectivity index (χ2v) is 6.74. The van der Waals surface area contributed by atoms with Gasteiger partial charge in [0.25, 0.3) is 5.56 Å². The summed E-state index contributed by atoms with van der Waals surface area (Å²) in [6.07, 6.45) is 2.99. The van der Waals surface area contributed by atoms with Crippen molar-refractivity contribution in [3.05, 3.63) is 83.0 Å². The van der Waals surface area contributed by atoms with Gasteiger partial charge in [-0.15, -0.1) is 0 Å². The Morgan fingerprint density at radius 2 is 1.81 bits per heavy atom. The number of ether oxygens (including phenoxy) is 1. The van der Waals surface area contributed by atoms with Gasteiger partial charge < -0.3 is 10.1 Å². The summed E-state index contributed by atoms with van der Waals surface area (Å²) in [6.45, 7) is 0.171. The summed E-state index contributed by atoms with van der Waals surface area (Å²) in [5, 5.41) is 7.39. The fourth-order valence-corrected chi connectivity index (χ4v) is 3.12. The maximum Gasteiger partial charge on any atom is 0.337 e. The zero-order valence-electron chi connectivity index (χ0n) is 16.7. The van der Waals surface area contributed by atoms with E-state index in [1.165, 1.54) is 24.2 Å². The average Bonchev–Trinajstić information content (AvgIpc) is 3.24. The molecule has 0 aliphatic carbocycles. The molecule has 0 saturated heterocycles. The van der Waals surface area contributed by atoms with Crippen LogP contribution in [0, 0.1) is 0 Å². The summed E-state index contributed by atoms with van der Waals surface area (Å²) >= 11 is 0. The lowest BCUT2D eigenvalue weighted by atomic mass is 10.2. The maximum atomic E-state index is 12.8. The number of hydrogen-bond donors (Lipinski definition) is 1. The molecule has 9 nitrogen and oxygen atoms in total. The molecule has 4 aromatic rings. The first-order chi connectivity index (χ1) is 15.1. The van der Waals surface area contributed by atoms with Gasteiger partial charge in [-0.25, -0.2) is 14.5 Å². The minimum Gasteiger partial charge on any atom is -0.465 e. The number of rotatable bonds is 6. The SMILES string of the molecule is COC(=O)c1ccc(NC(=O)CCn2cnc3c(cnn3-c3ccccc3)c2=O)cc1. The van der Waals surface area contributed by atoms with Crippen molar-refractivity contribution in [2.24, 2.45) is 0 Å². The second-order valence-electron chi connectivity index (χ2n) is 6.74. The molecule has 0 bridgehead atoms. The molecule has 1 amide bonds. The van der Waals surface area contributed by atoms with E-state index in [4.69, 9.17) is 0 Å². The van der Waals surface area contributed by atoms with E-state index in [2.05, 4.69) is 20.1 Å². The topological polar surface area (TPSA) is 108 Å². The van der Waals surface area contributed by atoms with Crippen molar-refractivity contribution in [2.75, 3.05) is 12.4 Å². The van der Waals surface area contributed by atoms with Gasteiger partial charge in [-0.3, -0.25) is 14.2 Å². The van der Waals surface area contributed by atoms with E-state index in [0.717, 1.165) is 5.69 Å². The highest BCUT2D eigenvalue weighted by molar-refractivity contribution is 5.93. The molecule has 1 N–H and O–H groups in total. The predicted octanol–water partition coefficient (Wildman–Crippen LogP) is 2.40. The van der Waals surface area contributed by atoms with Crippen molar-refractivity contribution in [3.63, 3.8) is 0 Å². The number of amides is 1. The van der Waals surface area contributed by atoms with Gasteiger partial charge in [0.1, 0.15) is 5.39 Å². The first-order valence-corrected chi connectivity index (χ1v) is 9.53. The van der Waals surface area contributed by atoms with E-state index in [1.807, 2.05) is 30.3 Å². The Balaban J connectivity index is 1.44. The van der Waals surface area contributed by atoms with Crippen LogP contribution in [0.25, 0.3) is 16.7 Å². The normalized spacial score (nSPS) is 10.7. The van der Waals surface area contributed by atoms with Crippen LogP contribution in [0.2, 0.25) is 0 Å². The van der Waals surface area contributed by atoms with Crippen molar-refractivity contribution in [2.45, 2.75) is 13.0 Å². The molecule has 156 valence electrons. The summed E-state index contributed by atoms with van der Waals surface area (Å²) in [7, 11) is 1.30. The van der Waals surface area contributed by atoms with Crippen LogP contribution in [0.15, 0.2) is 71.9 Å². The van der Waals surface area contributed by atoms with Crippen LogP contribution in [-0.2, 0) is 16.1 Å². The zero-order chi connectivity index (χ0) is 21.8. The number of aromatic nitrogens is 4. The molecule has 2 aromatic heterocycles. The highest BCUT2D eigenvalue weighted by atomic mass is 16.5. The Labute approximate surface area is 176 Å². The Morgan fingerprint density at radius 1 is 1.06 bits per heavy atom. The highest BCUT2D eigenvalue weighted by Crippen LogP contribution is 2.13. The lowest BCUT2D eigenvalue weighted by molar-refractivity contribution is -0.116. The lowest BCUT2D eigenvalue weighted by Crippen LogP contribution is -2.23. The van der Waals surface area contributed by atoms with E-state index in [0.29, 0.717) is 22.3 Å². The summed E-state index contributed by atoms with van der Waals surface area (Å²) < 4.78 is 7.63. The molecule has 0 aliphatic rings. The van der Waals surface area contributed by atoms with Gasteiger partial charge >= 0.3 is 5.97 Å². The number of carbonyl (C=O) groups excluding carboxylic acids is 2. The van der Waals surface area contributed by atoms with Gasteiger partial charge in [-0.2, -0.15) is 5.10 Å². The number of benzene rings is 2. The standard InChI is InChI=1S/C22H19N5O4/c1-31-22(30)15-7-9-16(10-8-15)25-19(28)11-12-26-14-23-20-18(21(26)29)13-24-27(20)17-5-3-2-4-6-17/h2-10,13-14H,11-12H2,1H3,(H,25,28). The first-order valence-electron chi connectivity index (χ1n) is 9.53. The Hall–Kier alpha value is -4.27. The van der Waals surface area contributed by atoms with Gasteiger partial charge in [0.15, 0.2) is 5.65 Å². The number of nitrogens with one attached hydrogen (secondary N) is 1. The van der Waals surface area contributed by atoms with Crippen LogP contribution in [0.1, 0.15) is 16.8 Å². The van der Waals surface area contributed by atoms with Crippen LogP contribution < -0.4 is 10.9 Å². The number of anilines is 1. The van der Waals surface area contributed by atoms with Crippen molar-refractivity contribution in [3.8, 4) is 5.69 Å². The smallest absolute Gasteiger partial charge is 0.337 e. The summed E-state index contributed by atoms with van der Waals surface area (Å²) in [5.41, 5.74) is 1.94. The number of carbonyl (C=O) groups is 2. The molecule has 0 atom stereocenters. The van der Waals surface area contributed by atoms with Crippen LogP contribution in [0.3, 0.4) is 0 Å². The molecule has 2 heterocycles. The Kier molecular flexibility index (Phi) is 5.57. The number of para-hydroxylation sites is 1. The average molecular weight is 417 g/mol. The number of fused-ring (bicyclic) bond motifs is 1. The summed E-state index contributed by atoms with van der Waals surface area (Å²) in [5.74, 6) is -0.714. The molecule has 4 rings (SSSR count). The van der Waals surface area contributed by atoms with Crippen molar-refractivity contribution in [1.82, 2.24) is 19.3 Å². The third kappa shape index (κ3) is 4.20. The molecule has 0 radical (unpaired) electrons. The first kappa shape index (κ1) is 20.0. The van der Waals surface area contributed by atoms with Gasteiger partial charge in [0, 0.05) is 18.7 Å². The molecule has 0 aliphatic heterocycles. The largest absolute Gasteiger partial charge is 0.465 e. The fourth-order valence-electron chi connectivity index (χ4n) is 3.12. The summed E-state index contributed by atoms with van der Waals surface area (Å²) in [4.78, 5) is 40.9. The second kappa shape index (κ2) is 8.62. The van der Waals surface area contributed by atoms with Gasteiger partial charge in [0.05, 0.1) is 30.9 Å². The number of esters is 1. The van der Waals surface area contributed by atoms with Crippen molar-refractivity contribution >= 4 is 28.6 Å². The van der Waals surface area contributed by atoms with E-state index >= 15 is 0 Å². The highest BCUT2D eigenvalue weighted by Gasteiger charge is 2.12. The summed E-state index contributed by atoms with van der Waals surface area (Å²) in [6, 6.07) is 15.8. The number of hydrogen-bond acceptors (Lipinski definition) is 6. The van der Waals surface area contributed by atoms with Crippen LogP contribution in [-0.4, -0.2) is 38.3 Å². The minimum atomic E-state index is -0.448. The molecule has 0 spiro atoms. The van der Waals surface area contributed by atoms with Crippen LogP contribution in [0.4, 0.5) is 5.69 Å². The lowest BCUT2D eigenvalue weighted by Gasteiger charge is -2.08. The third-order valence-corrected chi connectivity index (χ3v) is 4.72. The fraction of sp³-hybridized carbons (Fsp3) is 0.136. The number of nitrogens with zero attached hydrogens (tertiary/aromatic N) is 4. The Morgan fingerprint density at radius 3 is 2.52 bits per heavy atom. The zero-order valence-corrected chi connectivity index (χ0v) is 16.7.